The van der Waals surface area contributed by atoms with Gasteiger partial charge >= 0.3 is 0 Å². The highest BCUT2D eigenvalue weighted by Gasteiger charge is 2.05. The van der Waals surface area contributed by atoms with Gasteiger partial charge in [-0.05, 0) is 19.1 Å². The molecule has 2 atom stereocenters. The third-order valence-electron chi connectivity index (χ3n) is 1.33. The molecule has 12 heavy (non-hydrogen) atoms. The van der Waals surface area contributed by atoms with Crippen LogP contribution in [0.5, 0.6) is 0 Å². The zero-order valence-corrected chi connectivity index (χ0v) is 7.28. The Morgan fingerprint density at radius 3 is 2.92 bits per heavy atom. The van der Waals surface area contributed by atoms with E-state index in [9.17, 15) is 8.76 Å². The second-order valence-electron chi connectivity index (χ2n) is 2.20. The van der Waals surface area contributed by atoms with Crippen molar-refractivity contribution >= 4 is 11.4 Å². The molecule has 0 amide bonds. The van der Waals surface area contributed by atoms with Crippen LogP contribution in [0.4, 0.5) is 0 Å². The SMILES string of the molecule is CC(OS(=O)[O-])c1ccccn1. The van der Waals surface area contributed by atoms with Gasteiger partial charge in [-0.1, -0.05) is 6.07 Å². The fourth-order valence-corrected chi connectivity index (χ4v) is 1.12. The molecule has 1 heterocycles. The molecule has 0 aliphatic heterocycles. The Hall–Kier alpha value is -0.780. The van der Waals surface area contributed by atoms with Crippen LogP contribution in [0.15, 0.2) is 24.4 Å². The minimum atomic E-state index is -2.49. The van der Waals surface area contributed by atoms with Crippen LogP contribution in [-0.4, -0.2) is 13.7 Å². The fourth-order valence-electron chi connectivity index (χ4n) is 0.784. The molecule has 0 aromatic carbocycles. The third-order valence-corrected chi connectivity index (χ3v) is 1.77. The van der Waals surface area contributed by atoms with Crippen molar-refractivity contribution in [3.05, 3.63) is 30.1 Å². The minimum absolute atomic E-state index is 0.524. The van der Waals surface area contributed by atoms with Crippen molar-refractivity contribution in [1.29, 1.82) is 0 Å². The number of rotatable bonds is 3. The second kappa shape index (κ2) is 4.30. The Morgan fingerprint density at radius 2 is 2.42 bits per heavy atom. The number of pyridine rings is 1. The van der Waals surface area contributed by atoms with Crippen molar-refractivity contribution in [2.45, 2.75) is 13.0 Å². The maximum absolute atomic E-state index is 10.1. The molecule has 0 radical (unpaired) electrons. The zero-order valence-electron chi connectivity index (χ0n) is 6.47. The van der Waals surface area contributed by atoms with Crippen LogP contribution in [0.25, 0.3) is 0 Å². The standard InChI is InChI=1S/C7H9NO3S/c1-6(11-12(9)10)7-4-2-3-5-8-7/h2-6H,1H3,(H,9,10)/p-1. The molecule has 1 aromatic rings. The Bertz CT molecular complexity index is 265. The lowest BCUT2D eigenvalue weighted by molar-refractivity contribution is 0.219. The minimum Gasteiger partial charge on any atom is -0.750 e. The van der Waals surface area contributed by atoms with E-state index in [1.54, 1.807) is 31.3 Å². The highest BCUT2D eigenvalue weighted by molar-refractivity contribution is 7.74. The van der Waals surface area contributed by atoms with Gasteiger partial charge in [-0.15, -0.1) is 0 Å². The van der Waals surface area contributed by atoms with Gasteiger partial charge in [-0.3, -0.25) is 9.17 Å². The predicted molar refractivity (Wildman–Crippen MR) is 42.7 cm³/mol. The van der Waals surface area contributed by atoms with Crippen LogP contribution in [0.1, 0.15) is 18.7 Å². The van der Waals surface area contributed by atoms with Crippen LogP contribution < -0.4 is 0 Å². The van der Waals surface area contributed by atoms with Gasteiger partial charge in [0.05, 0.1) is 17.1 Å². The number of hydrogen-bond acceptors (Lipinski definition) is 4. The molecule has 66 valence electrons. The molecule has 0 saturated heterocycles. The summed E-state index contributed by atoms with van der Waals surface area (Å²) in [6, 6.07) is 5.23. The molecule has 2 unspecified atom stereocenters. The van der Waals surface area contributed by atoms with Crippen LogP contribution >= 0.6 is 0 Å². The molecule has 4 nitrogen and oxygen atoms in total. The highest BCUT2D eigenvalue weighted by atomic mass is 32.2. The van der Waals surface area contributed by atoms with Gasteiger partial charge in [-0.25, -0.2) is 4.21 Å². The number of nitrogens with zero attached hydrogens (tertiary/aromatic N) is 1. The van der Waals surface area contributed by atoms with E-state index >= 15 is 0 Å². The van der Waals surface area contributed by atoms with Crippen molar-refractivity contribution in [1.82, 2.24) is 4.98 Å². The molecule has 0 fully saturated rings. The van der Waals surface area contributed by atoms with Gasteiger partial charge in [0, 0.05) is 6.20 Å². The Morgan fingerprint density at radius 1 is 1.67 bits per heavy atom. The van der Waals surface area contributed by atoms with Crippen molar-refractivity contribution in [3.8, 4) is 0 Å². The molecule has 0 spiro atoms. The van der Waals surface area contributed by atoms with Crippen molar-refractivity contribution < 1.29 is 12.9 Å². The average Bonchev–Trinajstić information content (AvgIpc) is 2.05. The van der Waals surface area contributed by atoms with E-state index < -0.39 is 17.5 Å². The van der Waals surface area contributed by atoms with Gasteiger partial charge in [0.25, 0.3) is 0 Å². The lowest BCUT2D eigenvalue weighted by atomic mass is 10.2. The first-order chi connectivity index (χ1) is 5.70. The van der Waals surface area contributed by atoms with E-state index in [1.807, 2.05) is 0 Å². The van der Waals surface area contributed by atoms with Crippen LogP contribution in [-0.2, 0) is 15.5 Å². The molecule has 1 aromatic heterocycles. The first-order valence-electron chi connectivity index (χ1n) is 3.37. The molecule has 1 rings (SSSR count). The molecule has 0 N–H and O–H groups in total. The predicted octanol–water partition coefficient (Wildman–Crippen LogP) is 0.953. The summed E-state index contributed by atoms with van der Waals surface area (Å²) in [5, 5.41) is 0. The molecule has 0 aliphatic rings. The normalized spacial score (nSPS) is 15.5. The second-order valence-corrected chi connectivity index (χ2v) is 2.80. The largest absolute Gasteiger partial charge is 0.750 e. The molecule has 0 aliphatic carbocycles. The van der Waals surface area contributed by atoms with Gasteiger partial charge in [0.15, 0.2) is 0 Å². The summed E-state index contributed by atoms with van der Waals surface area (Å²) in [4.78, 5) is 3.93. The van der Waals surface area contributed by atoms with Gasteiger partial charge in [0.2, 0.25) is 0 Å². The molecular weight excluding hydrogens is 178 g/mol. The summed E-state index contributed by atoms with van der Waals surface area (Å²) < 4.78 is 24.8. The summed E-state index contributed by atoms with van der Waals surface area (Å²) >= 11 is -2.49. The topological polar surface area (TPSA) is 62.2 Å². The Labute approximate surface area is 73.1 Å². The van der Waals surface area contributed by atoms with E-state index in [2.05, 4.69) is 9.17 Å². The lowest BCUT2D eigenvalue weighted by Crippen LogP contribution is -2.03. The zero-order chi connectivity index (χ0) is 8.97. The Kier molecular flexibility index (Phi) is 3.33. The maximum atomic E-state index is 10.1. The van der Waals surface area contributed by atoms with E-state index in [0.29, 0.717) is 5.69 Å². The van der Waals surface area contributed by atoms with E-state index in [4.69, 9.17) is 0 Å². The van der Waals surface area contributed by atoms with Crippen molar-refractivity contribution in [2.24, 2.45) is 0 Å². The lowest BCUT2D eigenvalue weighted by Gasteiger charge is -2.12. The molecule has 0 saturated carbocycles. The van der Waals surface area contributed by atoms with Crippen LogP contribution in [0.2, 0.25) is 0 Å². The Balaban J connectivity index is 2.65. The van der Waals surface area contributed by atoms with Crippen molar-refractivity contribution in [2.75, 3.05) is 0 Å². The first-order valence-corrected chi connectivity index (χ1v) is 4.37. The highest BCUT2D eigenvalue weighted by Crippen LogP contribution is 2.13. The van der Waals surface area contributed by atoms with Gasteiger partial charge < -0.3 is 4.55 Å². The fraction of sp³-hybridized carbons (Fsp3) is 0.286. The molecule has 0 bridgehead atoms. The molecular formula is C7H8NO3S-. The maximum Gasteiger partial charge on any atom is 0.113 e. The smallest absolute Gasteiger partial charge is 0.113 e. The molecule has 5 heteroatoms. The number of hydrogen-bond donors (Lipinski definition) is 0. The van der Waals surface area contributed by atoms with Crippen LogP contribution in [0, 0.1) is 0 Å². The van der Waals surface area contributed by atoms with E-state index in [0.717, 1.165) is 0 Å². The summed E-state index contributed by atoms with van der Waals surface area (Å²) in [7, 11) is 0. The van der Waals surface area contributed by atoms with E-state index in [1.165, 1.54) is 0 Å². The third kappa shape index (κ3) is 2.69. The van der Waals surface area contributed by atoms with Gasteiger partial charge in [0.1, 0.15) is 6.10 Å². The summed E-state index contributed by atoms with van der Waals surface area (Å²) in [5.74, 6) is 0. The monoisotopic (exact) mass is 186 g/mol. The summed E-state index contributed by atoms with van der Waals surface area (Å²) in [6.45, 7) is 1.62. The quantitative estimate of drug-likeness (QED) is 0.659. The summed E-state index contributed by atoms with van der Waals surface area (Å²) in [6.07, 6.45) is 1.06. The average molecular weight is 186 g/mol. The number of aromatic nitrogens is 1. The van der Waals surface area contributed by atoms with Crippen molar-refractivity contribution in [3.63, 3.8) is 0 Å². The summed E-state index contributed by atoms with van der Waals surface area (Å²) in [5.41, 5.74) is 0.599. The van der Waals surface area contributed by atoms with E-state index in [-0.39, 0.29) is 0 Å². The van der Waals surface area contributed by atoms with Gasteiger partial charge in [-0.2, -0.15) is 0 Å². The van der Waals surface area contributed by atoms with Crippen LogP contribution in [0.3, 0.4) is 0 Å². The first kappa shape index (κ1) is 9.31.